The van der Waals surface area contributed by atoms with Crippen molar-refractivity contribution < 1.29 is 4.42 Å². The molecule has 2 aromatic rings. The summed E-state index contributed by atoms with van der Waals surface area (Å²) in [7, 11) is 1.88. The van der Waals surface area contributed by atoms with Crippen molar-refractivity contribution in [2.75, 3.05) is 18.9 Å². The van der Waals surface area contributed by atoms with Crippen LogP contribution in [0.2, 0.25) is 0 Å². The van der Waals surface area contributed by atoms with E-state index in [4.69, 9.17) is 4.42 Å². The maximum atomic E-state index is 5.38. The van der Waals surface area contributed by atoms with Gasteiger partial charge in [0.1, 0.15) is 11.6 Å². The Morgan fingerprint density at radius 2 is 2.22 bits per heavy atom. The van der Waals surface area contributed by atoms with Crippen molar-refractivity contribution in [1.29, 1.82) is 0 Å². The van der Waals surface area contributed by atoms with E-state index in [1.807, 2.05) is 31.4 Å². The highest BCUT2D eigenvalue weighted by Crippen LogP contribution is 2.12. The summed E-state index contributed by atoms with van der Waals surface area (Å²) in [4.78, 5) is 6.55. The van der Waals surface area contributed by atoms with Crippen LogP contribution >= 0.6 is 0 Å². The molecule has 4 heteroatoms. The lowest BCUT2D eigenvalue weighted by Gasteiger charge is -2.19. The molecule has 0 aliphatic heterocycles. The molecule has 0 bridgehead atoms. The molecule has 0 aromatic carbocycles. The Morgan fingerprint density at radius 1 is 1.33 bits per heavy atom. The van der Waals surface area contributed by atoms with Gasteiger partial charge >= 0.3 is 0 Å². The molecule has 0 amide bonds. The smallest absolute Gasteiger partial charge is 0.125 e. The zero-order chi connectivity index (χ0) is 12.8. The monoisotopic (exact) mass is 245 g/mol. The van der Waals surface area contributed by atoms with E-state index >= 15 is 0 Å². The first-order chi connectivity index (χ1) is 8.81. The number of pyridine rings is 1. The molecule has 0 radical (unpaired) electrons. The van der Waals surface area contributed by atoms with Gasteiger partial charge in [0.2, 0.25) is 0 Å². The van der Waals surface area contributed by atoms with Gasteiger partial charge in [-0.25, -0.2) is 4.98 Å². The van der Waals surface area contributed by atoms with E-state index < -0.39 is 0 Å². The highest BCUT2D eigenvalue weighted by Gasteiger charge is 2.07. The second kappa shape index (κ2) is 6.21. The molecule has 1 N–H and O–H groups in total. The Labute approximate surface area is 108 Å². The van der Waals surface area contributed by atoms with Crippen LogP contribution in [0.25, 0.3) is 0 Å². The quantitative estimate of drug-likeness (QED) is 0.849. The molecule has 2 aromatic heterocycles. The number of aromatic nitrogens is 1. The van der Waals surface area contributed by atoms with Gasteiger partial charge in [0.25, 0.3) is 0 Å². The normalized spacial score (nSPS) is 10.8. The summed E-state index contributed by atoms with van der Waals surface area (Å²) in [5, 5.41) is 3.06. The van der Waals surface area contributed by atoms with E-state index in [-0.39, 0.29) is 0 Å². The van der Waals surface area contributed by atoms with E-state index in [1.165, 1.54) is 5.56 Å². The summed E-state index contributed by atoms with van der Waals surface area (Å²) < 4.78 is 5.38. The van der Waals surface area contributed by atoms with Gasteiger partial charge in [-0.05, 0) is 36.4 Å². The van der Waals surface area contributed by atoms with Crippen LogP contribution in [0.15, 0.2) is 41.1 Å². The standard InChI is InChI=1S/C14H19N3O/c1-3-17(11-13-5-4-8-18-13)10-12-6-7-16-14(9-12)15-2/h4-9H,3,10-11H2,1-2H3,(H,15,16). The Bertz CT molecular complexity index is 468. The predicted molar refractivity (Wildman–Crippen MR) is 72.3 cm³/mol. The molecule has 4 nitrogen and oxygen atoms in total. The lowest BCUT2D eigenvalue weighted by molar-refractivity contribution is 0.248. The average Bonchev–Trinajstić information content (AvgIpc) is 2.91. The molecule has 0 saturated carbocycles. The van der Waals surface area contributed by atoms with Gasteiger partial charge in [-0.2, -0.15) is 0 Å². The molecule has 0 fully saturated rings. The number of anilines is 1. The third-order valence-electron chi connectivity index (χ3n) is 2.89. The molecule has 0 unspecified atom stereocenters. The highest BCUT2D eigenvalue weighted by molar-refractivity contribution is 5.36. The number of hydrogen-bond donors (Lipinski definition) is 1. The second-order valence-corrected chi connectivity index (χ2v) is 4.18. The summed E-state index contributed by atoms with van der Waals surface area (Å²) >= 11 is 0. The molecular weight excluding hydrogens is 226 g/mol. The van der Waals surface area contributed by atoms with Crippen LogP contribution in [0.5, 0.6) is 0 Å². The highest BCUT2D eigenvalue weighted by atomic mass is 16.3. The largest absolute Gasteiger partial charge is 0.468 e. The van der Waals surface area contributed by atoms with Crippen molar-refractivity contribution >= 4 is 5.82 Å². The SMILES string of the molecule is CCN(Cc1ccnc(NC)c1)Cc1ccco1. The van der Waals surface area contributed by atoms with Crippen LogP contribution < -0.4 is 5.32 Å². The molecule has 0 aliphatic carbocycles. The summed E-state index contributed by atoms with van der Waals surface area (Å²) in [5.41, 5.74) is 1.25. The van der Waals surface area contributed by atoms with Gasteiger partial charge in [0, 0.05) is 19.8 Å². The molecule has 0 saturated heterocycles. The Kier molecular flexibility index (Phi) is 4.36. The third kappa shape index (κ3) is 3.34. The first-order valence-corrected chi connectivity index (χ1v) is 6.19. The fourth-order valence-corrected chi connectivity index (χ4v) is 1.87. The zero-order valence-electron chi connectivity index (χ0n) is 10.9. The van der Waals surface area contributed by atoms with E-state index in [0.29, 0.717) is 0 Å². The van der Waals surface area contributed by atoms with Crippen LogP contribution in [0.3, 0.4) is 0 Å². The number of nitrogens with one attached hydrogen (secondary N) is 1. The average molecular weight is 245 g/mol. The Morgan fingerprint density at radius 3 is 2.89 bits per heavy atom. The number of hydrogen-bond acceptors (Lipinski definition) is 4. The van der Waals surface area contributed by atoms with E-state index in [0.717, 1.165) is 31.2 Å². The van der Waals surface area contributed by atoms with Crippen molar-refractivity contribution in [1.82, 2.24) is 9.88 Å². The van der Waals surface area contributed by atoms with Gasteiger partial charge in [-0.1, -0.05) is 6.92 Å². The summed E-state index contributed by atoms with van der Waals surface area (Å²) in [6.45, 7) is 4.87. The summed E-state index contributed by atoms with van der Waals surface area (Å²) in [6, 6.07) is 8.05. The Balaban J connectivity index is 2.00. The van der Waals surface area contributed by atoms with E-state index in [2.05, 4.69) is 28.2 Å². The molecule has 0 atom stereocenters. The van der Waals surface area contributed by atoms with Gasteiger partial charge in [0.15, 0.2) is 0 Å². The van der Waals surface area contributed by atoms with Crippen LogP contribution in [0, 0.1) is 0 Å². The van der Waals surface area contributed by atoms with Crippen LogP contribution in [-0.4, -0.2) is 23.5 Å². The fraction of sp³-hybridized carbons (Fsp3) is 0.357. The lowest BCUT2D eigenvalue weighted by atomic mass is 10.2. The first-order valence-electron chi connectivity index (χ1n) is 6.19. The minimum atomic E-state index is 0.834. The molecule has 2 rings (SSSR count). The van der Waals surface area contributed by atoms with Gasteiger partial charge < -0.3 is 9.73 Å². The maximum absolute atomic E-state index is 5.38. The molecule has 0 spiro atoms. The van der Waals surface area contributed by atoms with Crippen molar-refractivity contribution in [3.63, 3.8) is 0 Å². The van der Waals surface area contributed by atoms with Gasteiger partial charge in [-0.15, -0.1) is 0 Å². The van der Waals surface area contributed by atoms with Crippen LogP contribution in [0.1, 0.15) is 18.2 Å². The number of nitrogens with zero attached hydrogens (tertiary/aromatic N) is 2. The van der Waals surface area contributed by atoms with Crippen LogP contribution in [-0.2, 0) is 13.1 Å². The molecular formula is C14H19N3O. The summed E-state index contributed by atoms with van der Waals surface area (Å²) in [5.74, 6) is 1.90. The van der Waals surface area contributed by atoms with Crippen molar-refractivity contribution in [3.8, 4) is 0 Å². The zero-order valence-corrected chi connectivity index (χ0v) is 10.9. The minimum absolute atomic E-state index is 0.834. The lowest BCUT2D eigenvalue weighted by Crippen LogP contribution is -2.22. The van der Waals surface area contributed by atoms with Crippen molar-refractivity contribution in [2.24, 2.45) is 0 Å². The Hall–Kier alpha value is -1.81. The predicted octanol–water partition coefficient (Wildman–Crippen LogP) is 2.74. The van der Waals surface area contributed by atoms with Crippen molar-refractivity contribution in [3.05, 3.63) is 48.0 Å². The first kappa shape index (κ1) is 12.6. The molecule has 18 heavy (non-hydrogen) atoms. The number of furan rings is 1. The number of rotatable bonds is 6. The van der Waals surface area contributed by atoms with Gasteiger partial charge in [0.05, 0.1) is 12.8 Å². The fourth-order valence-electron chi connectivity index (χ4n) is 1.87. The minimum Gasteiger partial charge on any atom is -0.468 e. The van der Waals surface area contributed by atoms with Crippen molar-refractivity contribution in [2.45, 2.75) is 20.0 Å². The second-order valence-electron chi connectivity index (χ2n) is 4.18. The maximum Gasteiger partial charge on any atom is 0.125 e. The van der Waals surface area contributed by atoms with Crippen LogP contribution in [0.4, 0.5) is 5.82 Å². The molecule has 0 aliphatic rings. The van der Waals surface area contributed by atoms with E-state index in [9.17, 15) is 0 Å². The topological polar surface area (TPSA) is 41.3 Å². The molecule has 96 valence electrons. The molecule has 2 heterocycles. The third-order valence-corrected chi connectivity index (χ3v) is 2.89. The van der Waals surface area contributed by atoms with E-state index in [1.54, 1.807) is 6.26 Å². The van der Waals surface area contributed by atoms with Gasteiger partial charge in [-0.3, -0.25) is 4.90 Å². The summed E-state index contributed by atoms with van der Waals surface area (Å²) in [6.07, 6.45) is 3.55.